The van der Waals surface area contributed by atoms with Crippen molar-refractivity contribution in [3.8, 4) is 0 Å². The molecule has 3 aromatic carbocycles. The minimum atomic E-state index is -0.302. The summed E-state index contributed by atoms with van der Waals surface area (Å²) in [4.78, 5) is 32.7. The molecule has 5 heteroatoms. The van der Waals surface area contributed by atoms with E-state index < -0.39 is 0 Å². The van der Waals surface area contributed by atoms with Crippen molar-refractivity contribution < 1.29 is 9.59 Å². The molecule has 0 saturated carbocycles. The normalized spacial score (nSPS) is 13.7. The van der Waals surface area contributed by atoms with E-state index in [1.807, 2.05) is 118 Å². The van der Waals surface area contributed by atoms with Crippen LogP contribution in [0, 0.1) is 13.8 Å². The fraction of sp³-hybridized carbons (Fsp3) is 0.214. The fourth-order valence-corrected chi connectivity index (χ4v) is 4.29. The second kappa shape index (κ2) is 8.94. The fourth-order valence-electron chi connectivity index (χ4n) is 4.29. The molecule has 1 aliphatic heterocycles. The predicted molar refractivity (Wildman–Crippen MR) is 134 cm³/mol. The topological polar surface area (TPSA) is 43.9 Å². The molecule has 0 spiro atoms. The smallest absolute Gasteiger partial charge is 0.282 e. The number of carbonyl (C=O) groups is 2. The van der Waals surface area contributed by atoms with Gasteiger partial charge in [-0.1, -0.05) is 60.2 Å². The Morgan fingerprint density at radius 2 is 1.52 bits per heavy atom. The quantitative estimate of drug-likeness (QED) is 0.518. The van der Waals surface area contributed by atoms with E-state index >= 15 is 0 Å². The summed E-state index contributed by atoms with van der Waals surface area (Å²) in [7, 11) is 5.74. The molecule has 0 fully saturated rings. The zero-order valence-corrected chi connectivity index (χ0v) is 19.8. The summed E-state index contributed by atoms with van der Waals surface area (Å²) in [5, 5.41) is 0. The molecule has 4 rings (SSSR count). The number of amides is 2. The third-order valence-corrected chi connectivity index (χ3v) is 5.96. The van der Waals surface area contributed by atoms with E-state index in [9.17, 15) is 9.59 Å². The van der Waals surface area contributed by atoms with Crippen LogP contribution in [0.25, 0.3) is 5.57 Å². The van der Waals surface area contributed by atoms with Gasteiger partial charge in [0.1, 0.15) is 5.70 Å². The molecular formula is C28H29N3O2. The Labute approximate surface area is 195 Å². The molecule has 0 aromatic heterocycles. The van der Waals surface area contributed by atoms with Gasteiger partial charge in [0.25, 0.3) is 11.8 Å². The molecule has 5 nitrogen and oxygen atoms in total. The first-order valence-corrected chi connectivity index (χ1v) is 11.0. The second-order valence-corrected chi connectivity index (χ2v) is 8.74. The molecule has 2 amide bonds. The predicted octanol–water partition coefficient (Wildman–Crippen LogP) is 4.79. The van der Waals surface area contributed by atoms with Crippen molar-refractivity contribution in [2.45, 2.75) is 20.4 Å². The number of carbonyl (C=O) groups excluding carboxylic acids is 2. The second-order valence-electron chi connectivity index (χ2n) is 8.74. The first-order chi connectivity index (χ1) is 15.8. The molecule has 0 bridgehead atoms. The van der Waals surface area contributed by atoms with Crippen LogP contribution in [-0.4, -0.2) is 37.9 Å². The lowest BCUT2D eigenvalue weighted by molar-refractivity contribution is -0.120. The number of hydrogen-bond donors (Lipinski definition) is 0. The zero-order chi connectivity index (χ0) is 23.7. The van der Waals surface area contributed by atoms with E-state index in [2.05, 4.69) is 0 Å². The molecule has 0 N–H and O–H groups in total. The molecule has 1 heterocycles. The highest BCUT2D eigenvalue weighted by atomic mass is 16.2. The Morgan fingerprint density at radius 1 is 0.788 bits per heavy atom. The summed E-state index contributed by atoms with van der Waals surface area (Å²) in [5.74, 6) is -0.595. The Morgan fingerprint density at radius 3 is 2.18 bits per heavy atom. The molecule has 0 saturated heterocycles. The van der Waals surface area contributed by atoms with Gasteiger partial charge in [0, 0.05) is 33.4 Å². The number of likely N-dealkylation sites (N-methyl/N-ethyl adjacent to an activating group) is 1. The van der Waals surface area contributed by atoms with E-state index in [4.69, 9.17) is 0 Å². The standard InChI is InChI=1S/C28H29N3O2/c1-19-14-15-24(20(2)16-19)25-26(30(5)18-21-10-7-6-8-11-21)28(33)31(27(25)32)23-13-9-12-22(17-23)29(3)4/h6-17H,18H2,1-5H3. The molecule has 0 aliphatic carbocycles. The van der Waals surface area contributed by atoms with Gasteiger partial charge < -0.3 is 9.80 Å². The van der Waals surface area contributed by atoms with E-state index in [0.29, 0.717) is 23.5 Å². The number of aryl methyl sites for hydroxylation is 2. The SMILES string of the molecule is Cc1ccc(C2=C(N(C)Cc3ccccc3)C(=O)N(c3cccc(N(C)C)c3)C2=O)c(C)c1. The van der Waals surface area contributed by atoms with Crippen LogP contribution in [0.1, 0.15) is 22.3 Å². The lowest BCUT2D eigenvalue weighted by Crippen LogP contribution is -2.34. The molecule has 3 aromatic rings. The van der Waals surface area contributed by atoms with Crippen molar-refractivity contribution >= 4 is 28.8 Å². The van der Waals surface area contributed by atoms with Gasteiger partial charge in [-0.05, 0) is 48.7 Å². The number of benzene rings is 3. The number of nitrogens with zero attached hydrogens (tertiary/aromatic N) is 3. The van der Waals surface area contributed by atoms with Crippen LogP contribution in [0.3, 0.4) is 0 Å². The van der Waals surface area contributed by atoms with Crippen LogP contribution >= 0.6 is 0 Å². The molecule has 0 atom stereocenters. The monoisotopic (exact) mass is 439 g/mol. The van der Waals surface area contributed by atoms with E-state index in [1.165, 1.54) is 4.90 Å². The van der Waals surface area contributed by atoms with Gasteiger partial charge in [0.2, 0.25) is 0 Å². The van der Waals surface area contributed by atoms with Gasteiger partial charge in [-0.2, -0.15) is 0 Å². The minimum absolute atomic E-state index is 0.294. The molecule has 1 aliphatic rings. The maximum Gasteiger partial charge on any atom is 0.282 e. The van der Waals surface area contributed by atoms with Gasteiger partial charge in [-0.25, -0.2) is 4.90 Å². The summed E-state index contributed by atoms with van der Waals surface area (Å²) in [6.07, 6.45) is 0. The van der Waals surface area contributed by atoms with Crippen molar-refractivity contribution in [3.05, 3.63) is 101 Å². The van der Waals surface area contributed by atoms with Gasteiger partial charge in [-0.15, -0.1) is 0 Å². The zero-order valence-electron chi connectivity index (χ0n) is 19.8. The van der Waals surface area contributed by atoms with Crippen LogP contribution < -0.4 is 9.80 Å². The highest BCUT2D eigenvalue weighted by molar-refractivity contribution is 6.45. The molecular weight excluding hydrogens is 410 g/mol. The van der Waals surface area contributed by atoms with Gasteiger partial charge in [0.05, 0.1) is 11.3 Å². The third-order valence-electron chi connectivity index (χ3n) is 5.96. The van der Waals surface area contributed by atoms with Crippen molar-refractivity contribution in [2.24, 2.45) is 0 Å². The van der Waals surface area contributed by atoms with Crippen molar-refractivity contribution in [1.82, 2.24) is 4.90 Å². The van der Waals surface area contributed by atoms with Crippen LogP contribution in [0.4, 0.5) is 11.4 Å². The van der Waals surface area contributed by atoms with Crippen LogP contribution in [0.2, 0.25) is 0 Å². The maximum absolute atomic E-state index is 13.8. The molecule has 168 valence electrons. The summed E-state index contributed by atoms with van der Waals surface area (Å²) in [6.45, 7) is 4.53. The van der Waals surface area contributed by atoms with Crippen LogP contribution in [0.5, 0.6) is 0 Å². The van der Waals surface area contributed by atoms with E-state index in [0.717, 1.165) is 27.9 Å². The largest absolute Gasteiger partial charge is 0.378 e. The third kappa shape index (κ3) is 4.27. The molecule has 0 unspecified atom stereocenters. The highest BCUT2D eigenvalue weighted by Crippen LogP contribution is 2.37. The summed E-state index contributed by atoms with van der Waals surface area (Å²) >= 11 is 0. The summed E-state index contributed by atoms with van der Waals surface area (Å²) < 4.78 is 0. The number of rotatable bonds is 6. The Kier molecular flexibility index (Phi) is 6.05. The Hall–Kier alpha value is -3.86. The summed E-state index contributed by atoms with van der Waals surface area (Å²) in [5.41, 5.74) is 6.32. The van der Waals surface area contributed by atoms with Crippen molar-refractivity contribution in [2.75, 3.05) is 30.9 Å². The van der Waals surface area contributed by atoms with Crippen molar-refractivity contribution in [1.29, 1.82) is 0 Å². The average molecular weight is 440 g/mol. The van der Waals surface area contributed by atoms with E-state index in [-0.39, 0.29) is 11.8 Å². The molecule has 0 radical (unpaired) electrons. The number of hydrogen-bond acceptors (Lipinski definition) is 4. The maximum atomic E-state index is 13.8. The Balaban J connectivity index is 1.83. The minimum Gasteiger partial charge on any atom is -0.378 e. The van der Waals surface area contributed by atoms with Gasteiger partial charge in [0.15, 0.2) is 0 Å². The first kappa shape index (κ1) is 22.3. The summed E-state index contributed by atoms with van der Waals surface area (Å²) in [6, 6.07) is 23.4. The van der Waals surface area contributed by atoms with Crippen LogP contribution in [0.15, 0.2) is 78.5 Å². The van der Waals surface area contributed by atoms with E-state index in [1.54, 1.807) is 0 Å². The van der Waals surface area contributed by atoms with Crippen LogP contribution in [-0.2, 0) is 16.1 Å². The first-order valence-electron chi connectivity index (χ1n) is 11.0. The molecule has 33 heavy (non-hydrogen) atoms. The average Bonchev–Trinajstić information content (AvgIpc) is 3.04. The number of anilines is 2. The van der Waals surface area contributed by atoms with Crippen molar-refractivity contribution in [3.63, 3.8) is 0 Å². The number of imide groups is 1. The Bertz CT molecular complexity index is 1250. The highest BCUT2D eigenvalue weighted by Gasteiger charge is 2.42. The van der Waals surface area contributed by atoms with Gasteiger partial charge in [-0.3, -0.25) is 9.59 Å². The van der Waals surface area contributed by atoms with Gasteiger partial charge >= 0.3 is 0 Å². The lowest BCUT2D eigenvalue weighted by Gasteiger charge is -2.22. The lowest BCUT2D eigenvalue weighted by atomic mass is 9.97.